The molecule has 2 aromatic carbocycles. The predicted molar refractivity (Wildman–Crippen MR) is 139 cm³/mol. The lowest BCUT2D eigenvalue weighted by atomic mass is 9.84. The van der Waals surface area contributed by atoms with E-state index in [0.717, 1.165) is 22.4 Å². The van der Waals surface area contributed by atoms with Crippen LogP contribution in [0, 0.1) is 6.92 Å². The molecule has 1 heterocycles. The quantitative estimate of drug-likeness (QED) is 0.416. The van der Waals surface area contributed by atoms with Crippen LogP contribution in [0.3, 0.4) is 0 Å². The fraction of sp³-hybridized carbons (Fsp3) is 0.500. The average molecular weight is 438 g/mol. The maximum absolute atomic E-state index is 5.87. The standard InChI is InChI=1S/C21H23N3O.C3H8.2C2H6/c1-14-13-18(11-12-19(14)22)20-23-21(25-24-20)17-9-7-16(8-10-17)15-5-3-2-4-6-15;1-3-2;2*1-2/h7-13,15H,2-6,22H2,1H3;3H2,1-2H3;2*1-2H3. The third-order valence-electron chi connectivity index (χ3n) is 5.19. The van der Waals surface area contributed by atoms with Crippen molar-refractivity contribution >= 4 is 5.69 Å². The second-order valence-corrected chi connectivity index (χ2v) is 7.66. The number of nitrogens with zero attached hydrogens (tertiary/aromatic N) is 2. The van der Waals surface area contributed by atoms with E-state index < -0.39 is 0 Å². The van der Waals surface area contributed by atoms with E-state index >= 15 is 0 Å². The highest BCUT2D eigenvalue weighted by molar-refractivity contribution is 5.64. The van der Waals surface area contributed by atoms with Crippen LogP contribution in [0.1, 0.15) is 97.1 Å². The lowest BCUT2D eigenvalue weighted by Crippen LogP contribution is -2.04. The molecule has 0 bridgehead atoms. The number of rotatable bonds is 3. The Hall–Kier alpha value is -2.62. The Balaban J connectivity index is 0.000000662. The van der Waals surface area contributed by atoms with Crippen LogP contribution in [0.25, 0.3) is 22.8 Å². The molecule has 3 aromatic rings. The Morgan fingerprint density at radius 1 is 0.875 bits per heavy atom. The molecule has 4 heteroatoms. The van der Waals surface area contributed by atoms with Crippen molar-refractivity contribution in [3.05, 3.63) is 53.6 Å². The van der Waals surface area contributed by atoms with Gasteiger partial charge in [0.2, 0.25) is 5.82 Å². The molecule has 0 unspecified atom stereocenters. The second kappa shape index (κ2) is 15.2. The van der Waals surface area contributed by atoms with E-state index in [9.17, 15) is 0 Å². The van der Waals surface area contributed by atoms with Gasteiger partial charge in [-0.15, -0.1) is 0 Å². The fourth-order valence-electron chi connectivity index (χ4n) is 3.61. The summed E-state index contributed by atoms with van der Waals surface area (Å²) in [6, 6.07) is 14.4. The number of benzene rings is 2. The van der Waals surface area contributed by atoms with Gasteiger partial charge in [0.15, 0.2) is 0 Å². The van der Waals surface area contributed by atoms with E-state index in [1.807, 2.05) is 52.8 Å². The van der Waals surface area contributed by atoms with E-state index in [2.05, 4.69) is 48.3 Å². The van der Waals surface area contributed by atoms with Crippen molar-refractivity contribution < 1.29 is 4.52 Å². The highest BCUT2D eigenvalue weighted by atomic mass is 16.5. The molecular formula is C28H43N3O. The fourth-order valence-corrected chi connectivity index (χ4v) is 3.61. The summed E-state index contributed by atoms with van der Waals surface area (Å²) in [5.41, 5.74) is 11.0. The molecule has 1 saturated carbocycles. The monoisotopic (exact) mass is 437 g/mol. The number of nitrogen functional groups attached to an aromatic ring is 1. The minimum atomic E-state index is 0.555. The molecule has 0 radical (unpaired) electrons. The molecule has 0 amide bonds. The predicted octanol–water partition coefficient (Wildman–Crippen LogP) is 8.81. The summed E-state index contributed by atoms with van der Waals surface area (Å²) in [6.45, 7) is 14.2. The van der Waals surface area contributed by atoms with Crippen LogP contribution in [0.4, 0.5) is 5.69 Å². The molecule has 2 N–H and O–H groups in total. The Morgan fingerprint density at radius 2 is 1.44 bits per heavy atom. The van der Waals surface area contributed by atoms with Crippen LogP contribution in [0.5, 0.6) is 0 Å². The van der Waals surface area contributed by atoms with Crippen molar-refractivity contribution in [2.75, 3.05) is 5.73 Å². The zero-order valence-corrected chi connectivity index (χ0v) is 21.2. The van der Waals surface area contributed by atoms with Crippen molar-refractivity contribution in [2.45, 2.75) is 92.9 Å². The van der Waals surface area contributed by atoms with Gasteiger partial charge in [0.05, 0.1) is 0 Å². The van der Waals surface area contributed by atoms with Crippen molar-refractivity contribution in [1.29, 1.82) is 0 Å². The topological polar surface area (TPSA) is 64.9 Å². The molecular weight excluding hydrogens is 394 g/mol. The number of hydrogen-bond acceptors (Lipinski definition) is 4. The van der Waals surface area contributed by atoms with Crippen molar-refractivity contribution in [3.63, 3.8) is 0 Å². The lowest BCUT2D eigenvalue weighted by Gasteiger charge is -2.21. The zero-order valence-electron chi connectivity index (χ0n) is 21.2. The summed E-state index contributed by atoms with van der Waals surface area (Å²) in [7, 11) is 0. The third-order valence-corrected chi connectivity index (χ3v) is 5.19. The number of anilines is 1. The van der Waals surface area contributed by atoms with Crippen LogP contribution in [-0.4, -0.2) is 10.1 Å². The number of nitrogens with two attached hydrogens (primary N) is 1. The first-order valence-corrected chi connectivity index (χ1v) is 12.4. The molecule has 0 aliphatic heterocycles. The maximum atomic E-state index is 5.87. The molecule has 4 nitrogen and oxygen atoms in total. The largest absolute Gasteiger partial charge is 0.399 e. The van der Waals surface area contributed by atoms with Gasteiger partial charge in [0.1, 0.15) is 0 Å². The number of hydrogen-bond donors (Lipinski definition) is 1. The first-order valence-electron chi connectivity index (χ1n) is 12.4. The summed E-state index contributed by atoms with van der Waals surface area (Å²) in [5.74, 6) is 1.85. The Bertz CT molecular complexity index is 878. The van der Waals surface area contributed by atoms with E-state index in [4.69, 9.17) is 10.3 Å². The van der Waals surface area contributed by atoms with Gasteiger partial charge in [-0.05, 0) is 67.1 Å². The van der Waals surface area contributed by atoms with Crippen molar-refractivity contribution in [1.82, 2.24) is 10.1 Å². The number of aryl methyl sites for hydroxylation is 1. The summed E-state index contributed by atoms with van der Waals surface area (Å²) in [6.07, 6.45) is 7.94. The molecule has 1 aromatic heterocycles. The maximum Gasteiger partial charge on any atom is 0.258 e. The van der Waals surface area contributed by atoms with Crippen molar-refractivity contribution in [2.24, 2.45) is 0 Å². The third kappa shape index (κ3) is 7.81. The SMILES string of the molecule is CC.CC.CCC.Cc1cc(-c2noc(-c3ccc(C4CCCCC4)cc3)n2)ccc1N. The summed E-state index contributed by atoms with van der Waals surface area (Å²) in [5, 5.41) is 4.12. The highest BCUT2D eigenvalue weighted by Gasteiger charge is 2.16. The van der Waals surface area contributed by atoms with Gasteiger partial charge in [-0.25, -0.2) is 0 Å². The van der Waals surface area contributed by atoms with Crippen molar-refractivity contribution in [3.8, 4) is 22.8 Å². The molecule has 0 spiro atoms. The molecule has 0 saturated heterocycles. The van der Waals surface area contributed by atoms with Crippen LogP contribution < -0.4 is 5.73 Å². The molecule has 4 rings (SSSR count). The minimum absolute atomic E-state index is 0.555. The molecule has 176 valence electrons. The molecule has 1 aliphatic carbocycles. The van der Waals surface area contributed by atoms with E-state index in [1.54, 1.807) is 0 Å². The van der Waals surface area contributed by atoms with Gasteiger partial charge in [-0.2, -0.15) is 4.98 Å². The second-order valence-electron chi connectivity index (χ2n) is 7.66. The highest BCUT2D eigenvalue weighted by Crippen LogP contribution is 2.33. The smallest absolute Gasteiger partial charge is 0.258 e. The van der Waals surface area contributed by atoms with Crippen LogP contribution in [-0.2, 0) is 0 Å². The molecule has 1 fully saturated rings. The van der Waals surface area contributed by atoms with Crippen LogP contribution in [0.15, 0.2) is 47.0 Å². The zero-order chi connectivity index (χ0) is 23.9. The van der Waals surface area contributed by atoms with Gasteiger partial charge in [-0.3, -0.25) is 0 Å². The number of aromatic nitrogens is 2. The van der Waals surface area contributed by atoms with Gasteiger partial charge >= 0.3 is 0 Å². The van der Waals surface area contributed by atoms with E-state index in [-0.39, 0.29) is 0 Å². The van der Waals surface area contributed by atoms with Gasteiger partial charge in [0.25, 0.3) is 5.89 Å². The first kappa shape index (κ1) is 27.4. The summed E-state index contributed by atoms with van der Waals surface area (Å²) < 4.78 is 5.47. The van der Waals surface area contributed by atoms with E-state index in [1.165, 1.54) is 44.1 Å². The normalized spacial score (nSPS) is 13.0. The molecule has 1 aliphatic rings. The van der Waals surface area contributed by atoms with Gasteiger partial charge in [0, 0.05) is 16.8 Å². The summed E-state index contributed by atoms with van der Waals surface area (Å²) in [4.78, 5) is 4.55. The Labute approximate surface area is 195 Å². The van der Waals surface area contributed by atoms with Crippen LogP contribution >= 0.6 is 0 Å². The van der Waals surface area contributed by atoms with Crippen LogP contribution in [0.2, 0.25) is 0 Å². The molecule has 0 atom stereocenters. The first-order chi connectivity index (χ1) is 15.6. The van der Waals surface area contributed by atoms with Gasteiger partial charge in [-0.1, -0.05) is 84.5 Å². The average Bonchev–Trinajstić information content (AvgIpc) is 3.35. The minimum Gasteiger partial charge on any atom is -0.399 e. The molecule has 32 heavy (non-hydrogen) atoms. The summed E-state index contributed by atoms with van der Waals surface area (Å²) >= 11 is 0. The Morgan fingerprint density at radius 3 is 2.00 bits per heavy atom. The van der Waals surface area contributed by atoms with Gasteiger partial charge < -0.3 is 10.3 Å². The lowest BCUT2D eigenvalue weighted by molar-refractivity contribution is 0.432. The van der Waals surface area contributed by atoms with E-state index in [0.29, 0.717) is 17.6 Å². The Kier molecular flexibility index (Phi) is 13.0.